The first-order valence-corrected chi connectivity index (χ1v) is 29.5. The number of esters is 3. The average Bonchev–Trinajstić information content (AvgIpc) is 3.36. The molecule has 1 aromatic rings. The minimum Gasteiger partial charge on any atom is -0.462 e. The van der Waals surface area contributed by atoms with Gasteiger partial charge in [0, 0.05) is 0 Å². The first kappa shape index (κ1) is 63.9. The zero-order chi connectivity index (χ0) is 49.8. The predicted molar refractivity (Wildman–Crippen MR) is 296 cm³/mol. The van der Waals surface area contributed by atoms with E-state index in [1.165, 1.54) is 224 Å². The summed E-state index contributed by atoms with van der Waals surface area (Å²) in [5.41, 5.74) is 0.473. The lowest BCUT2D eigenvalue weighted by molar-refractivity contribution is 0.0447. The van der Waals surface area contributed by atoms with E-state index >= 15 is 0 Å². The van der Waals surface area contributed by atoms with Gasteiger partial charge >= 0.3 is 17.9 Å². The summed E-state index contributed by atoms with van der Waals surface area (Å²) in [4.78, 5) is 39.9. The first-order valence-electron chi connectivity index (χ1n) is 29.5. The molecule has 0 saturated carbocycles. The molecule has 0 unspecified atom stereocenters. The second-order valence-corrected chi connectivity index (χ2v) is 20.0. The quantitative estimate of drug-likeness (QED) is 0.0280. The molecule has 396 valence electrons. The van der Waals surface area contributed by atoms with Crippen LogP contribution in [0.4, 0.5) is 0 Å². The second kappa shape index (κ2) is 51.2. The minimum atomic E-state index is -0.592. The Balaban J connectivity index is 2.44. The molecule has 0 aliphatic rings. The van der Waals surface area contributed by atoms with E-state index < -0.39 is 17.9 Å². The van der Waals surface area contributed by atoms with Crippen molar-refractivity contribution in [3.63, 3.8) is 0 Å². The van der Waals surface area contributed by atoms with Gasteiger partial charge in [-0.05, 0) is 96.8 Å². The molecule has 69 heavy (non-hydrogen) atoms. The number of carbonyl (C=O) groups is 3. The van der Waals surface area contributed by atoms with Crippen molar-refractivity contribution in [2.75, 3.05) is 19.8 Å². The van der Waals surface area contributed by atoms with Crippen LogP contribution in [0, 0.1) is 0 Å². The lowest BCUT2D eigenvalue weighted by Gasteiger charge is -2.12. The average molecular weight is 962 g/mol. The van der Waals surface area contributed by atoms with Gasteiger partial charge in [-0.3, -0.25) is 0 Å². The van der Waals surface area contributed by atoms with Gasteiger partial charge in [0.25, 0.3) is 0 Å². The van der Waals surface area contributed by atoms with Crippen LogP contribution in [0.15, 0.2) is 54.7 Å². The lowest BCUT2D eigenvalue weighted by Crippen LogP contribution is -2.17. The highest BCUT2D eigenvalue weighted by molar-refractivity contribution is 6.05. The zero-order valence-electron chi connectivity index (χ0n) is 45.5. The molecule has 0 spiro atoms. The van der Waals surface area contributed by atoms with E-state index in [1.54, 1.807) is 6.07 Å². The van der Waals surface area contributed by atoms with Crippen molar-refractivity contribution in [2.24, 2.45) is 0 Å². The van der Waals surface area contributed by atoms with E-state index in [2.05, 4.69) is 57.2 Å². The number of carbonyl (C=O) groups excluding carboxylic acids is 3. The van der Waals surface area contributed by atoms with Crippen molar-refractivity contribution in [2.45, 2.75) is 290 Å². The van der Waals surface area contributed by atoms with Crippen molar-refractivity contribution in [1.29, 1.82) is 0 Å². The van der Waals surface area contributed by atoms with Crippen LogP contribution in [0.25, 0.3) is 0 Å². The third-order valence-corrected chi connectivity index (χ3v) is 13.6. The van der Waals surface area contributed by atoms with Gasteiger partial charge in [-0.2, -0.15) is 0 Å². The highest BCUT2D eigenvalue weighted by Gasteiger charge is 2.22. The topological polar surface area (TPSA) is 78.9 Å². The summed E-state index contributed by atoms with van der Waals surface area (Å²) in [6.45, 7) is 7.22. The van der Waals surface area contributed by atoms with Gasteiger partial charge < -0.3 is 14.2 Å². The molecule has 0 heterocycles. The molecule has 0 bridgehead atoms. The van der Waals surface area contributed by atoms with E-state index in [4.69, 9.17) is 14.2 Å². The Morgan fingerprint density at radius 3 is 0.812 bits per heavy atom. The van der Waals surface area contributed by atoms with Crippen LogP contribution in [0.3, 0.4) is 0 Å². The molecule has 0 aromatic heterocycles. The van der Waals surface area contributed by atoms with E-state index in [0.717, 1.165) is 57.8 Å². The van der Waals surface area contributed by atoms with Gasteiger partial charge in [0.2, 0.25) is 0 Å². The van der Waals surface area contributed by atoms with Crippen LogP contribution < -0.4 is 0 Å². The highest BCUT2D eigenvalue weighted by Crippen LogP contribution is 2.20. The highest BCUT2D eigenvalue weighted by atomic mass is 16.5. The van der Waals surface area contributed by atoms with Crippen molar-refractivity contribution >= 4 is 17.9 Å². The fourth-order valence-corrected chi connectivity index (χ4v) is 9.18. The van der Waals surface area contributed by atoms with Gasteiger partial charge in [-0.1, -0.05) is 248 Å². The molecule has 0 fully saturated rings. The smallest absolute Gasteiger partial charge is 0.339 e. The molecule has 0 N–H and O–H groups in total. The van der Waals surface area contributed by atoms with Crippen molar-refractivity contribution in [3.05, 3.63) is 71.3 Å². The summed E-state index contributed by atoms with van der Waals surface area (Å²) < 4.78 is 17.0. The fourth-order valence-electron chi connectivity index (χ4n) is 9.18. The summed E-state index contributed by atoms with van der Waals surface area (Å²) in [5.74, 6) is -1.63. The Labute approximate surface area is 426 Å². The summed E-state index contributed by atoms with van der Waals surface area (Å²) >= 11 is 0. The number of unbranched alkanes of at least 4 members (excludes halogenated alkanes) is 39. The number of hydrogen-bond donors (Lipinski definition) is 0. The third kappa shape index (κ3) is 41.2. The SMILES string of the molecule is C/C=C/CCCCCCCCCCCCCCCOC(=O)c1ccc(C(=O)OCCCCCCCCCCCCCCC/C=C/C)c(C(=O)OCCCCCCCCCCCCCCC/C=C/C)c1. The van der Waals surface area contributed by atoms with Crippen LogP contribution in [0.2, 0.25) is 0 Å². The molecule has 0 aliphatic heterocycles. The maximum absolute atomic E-state index is 13.5. The standard InChI is InChI=1S/C63H108O6/c1-4-7-10-13-16-19-22-25-28-31-34-37-40-43-46-49-54-67-61(64)58-52-53-59(62(65)68-55-50-47-44-41-38-35-32-29-26-23-20-17-14-11-8-5-2)60(57-58)63(66)69-56-51-48-45-42-39-36-33-30-27-24-21-18-15-12-9-6-3/h4-9,52-53,57H,10-51,54-56H2,1-3H3/b7-4+,8-5+,9-6+. The predicted octanol–water partition coefficient (Wildman–Crippen LogP) is 20.3. The fraction of sp³-hybridized carbons (Fsp3) is 0.762. The Kier molecular flexibility index (Phi) is 47.4. The summed E-state index contributed by atoms with van der Waals surface area (Å²) in [5, 5.41) is 0. The molecule has 6 nitrogen and oxygen atoms in total. The molecule has 1 rings (SSSR count). The largest absolute Gasteiger partial charge is 0.462 e. The Hall–Kier alpha value is -3.15. The van der Waals surface area contributed by atoms with Gasteiger partial charge in [0.1, 0.15) is 0 Å². The van der Waals surface area contributed by atoms with E-state index in [9.17, 15) is 14.4 Å². The number of ether oxygens (including phenoxy) is 3. The van der Waals surface area contributed by atoms with Crippen LogP contribution in [-0.4, -0.2) is 37.7 Å². The summed E-state index contributed by atoms with van der Waals surface area (Å²) in [6, 6.07) is 4.56. The normalized spacial score (nSPS) is 11.7. The molecule has 0 aliphatic carbocycles. The maximum atomic E-state index is 13.5. The number of allylic oxidation sites excluding steroid dienone is 6. The Bertz CT molecular complexity index is 1410. The van der Waals surface area contributed by atoms with E-state index in [1.807, 2.05) is 0 Å². The number of rotatable bonds is 51. The second-order valence-electron chi connectivity index (χ2n) is 20.0. The minimum absolute atomic E-state index is 0.0764. The molecule has 0 radical (unpaired) electrons. The molecular formula is C63H108O6. The van der Waals surface area contributed by atoms with E-state index in [0.29, 0.717) is 13.2 Å². The summed E-state index contributed by atoms with van der Waals surface area (Å²) in [6.07, 6.45) is 65.4. The summed E-state index contributed by atoms with van der Waals surface area (Å²) in [7, 11) is 0. The first-order chi connectivity index (χ1) is 34.0. The number of hydrogen-bond acceptors (Lipinski definition) is 6. The monoisotopic (exact) mass is 961 g/mol. The molecular weight excluding hydrogens is 853 g/mol. The molecule has 0 amide bonds. The third-order valence-electron chi connectivity index (χ3n) is 13.6. The zero-order valence-corrected chi connectivity index (χ0v) is 45.5. The van der Waals surface area contributed by atoms with E-state index in [-0.39, 0.29) is 23.3 Å². The Morgan fingerprint density at radius 2 is 0.536 bits per heavy atom. The Morgan fingerprint density at radius 1 is 0.304 bits per heavy atom. The maximum Gasteiger partial charge on any atom is 0.339 e. The van der Waals surface area contributed by atoms with Crippen LogP contribution in [-0.2, 0) is 14.2 Å². The molecule has 0 saturated heterocycles. The lowest BCUT2D eigenvalue weighted by atomic mass is 10.0. The van der Waals surface area contributed by atoms with Crippen LogP contribution >= 0.6 is 0 Å². The van der Waals surface area contributed by atoms with Crippen molar-refractivity contribution < 1.29 is 28.6 Å². The van der Waals surface area contributed by atoms with Gasteiger partial charge in [0.05, 0.1) is 36.5 Å². The molecule has 1 aromatic carbocycles. The number of benzene rings is 1. The van der Waals surface area contributed by atoms with Crippen molar-refractivity contribution in [3.8, 4) is 0 Å². The van der Waals surface area contributed by atoms with Gasteiger partial charge in [0.15, 0.2) is 0 Å². The van der Waals surface area contributed by atoms with Gasteiger partial charge in [-0.15, -0.1) is 0 Å². The van der Waals surface area contributed by atoms with Crippen molar-refractivity contribution in [1.82, 2.24) is 0 Å². The van der Waals surface area contributed by atoms with Gasteiger partial charge in [-0.25, -0.2) is 14.4 Å². The molecule has 0 atom stereocenters. The van der Waals surface area contributed by atoms with Crippen LogP contribution in [0.5, 0.6) is 0 Å². The molecule has 6 heteroatoms. The van der Waals surface area contributed by atoms with Crippen LogP contribution in [0.1, 0.15) is 322 Å².